The molecular weight excluding hydrogens is 627 g/mol. The average Bonchev–Trinajstić information content (AvgIpc) is 3.69. The van der Waals surface area contributed by atoms with E-state index in [1.807, 2.05) is 24.0 Å². The highest BCUT2D eigenvalue weighted by atomic mass is 32.2. The maximum atomic E-state index is 4.71. The van der Waals surface area contributed by atoms with E-state index in [-0.39, 0.29) is 0 Å². The molecular formula is C46H33N3S. The third kappa shape index (κ3) is 4.35. The Labute approximate surface area is 295 Å². The van der Waals surface area contributed by atoms with E-state index < -0.39 is 0 Å². The van der Waals surface area contributed by atoms with Crippen LogP contribution in [0.2, 0.25) is 0 Å². The van der Waals surface area contributed by atoms with E-state index in [2.05, 4.69) is 163 Å². The molecule has 4 heterocycles. The molecule has 0 bridgehead atoms. The maximum absolute atomic E-state index is 4.71. The lowest BCUT2D eigenvalue weighted by Gasteiger charge is -2.20. The fourth-order valence-corrected chi connectivity index (χ4v) is 9.09. The monoisotopic (exact) mass is 659 g/mol. The van der Waals surface area contributed by atoms with Crippen LogP contribution in [0.25, 0.3) is 82.9 Å². The van der Waals surface area contributed by atoms with Crippen LogP contribution in [0, 0.1) is 0 Å². The van der Waals surface area contributed by atoms with E-state index in [1.54, 1.807) is 0 Å². The van der Waals surface area contributed by atoms with Gasteiger partial charge in [-0.2, -0.15) is 0 Å². The lowest BCUT2D eigenvalue weighted by Crippen LogP contribution is -2.01. The first-order valence-electron chi connectivity index (χ1n) is 17.3. The summed E-state index contributed by atoms with van der Waals surface area (Å²) >= 11 is 1.88. The van der Waals surface area contributed by atoms with Gasteiger partial charge in [-0.15, -0.1) is 0 Å². The second-order valence-electron chi connectivity index (χ2n) is 13.1. The van der Waals surface area contributed by atoms with Crippen molar-refractivity contribution >= 4 is 60.9 Å². The van der Waals surface area contributed by atoms with Gasteiger partial charge in [0.05, 0.1) is 33.4 Å². The Bertz CT molecular complexity index is 2840. The van der Waals surface area contributed by atoms with Gasteiger partial charge in [-0.3, -0.25) is 4.98 Å². The van der Waals surface area contributed by atoms with Crippen LogP contribution >= 0.6 is 11.8 Å². The van der Waals surface area contributed by atoms with Crippen molar-refractivity contribution in [2.75, 3.05) is 0 Å². The number of para-hydroxylation sites is 3. The minimum Gasteiger partial charge on any atom is -0.309 e. The van der Waals surface area contributed by atoms with E-state index >= 15 is 0 Å². The van der Waals surface area contributed by atoms with Crippen molar-refractivity contribution in [2.45, 2.75) is 30.1 Å². The SMILES string of the molecule is CC/C=C(\C)c1cc(-c2cccc(-n3c4ccccc4c4c5c6ccccc6n6c5c(cc43)Sc3ccccc3-6)c2)cc(-c2ccccn2)c1. The quantitative estimate of drug-likeness (QED) is 0.183. The predicted octanol–water partition coefficient (Wildman–Crippen LogP) is 12.9. The van der Waals surface area contributed by atoms with Crippen LogP contribution in [0.15, 0.2) is 162 Å². The van der Waals surface area contributed by atoms with Crippen LogP contribution in [0.5, 0.6) is 0 Å². The first kappa shape index (κ1) is 29.1. The molecule has 0 fully saturated rings. The summed E-state index contributed by atoms with van der Waals surface area (Å²) in [4.78, 5) is 7.28. The lowest BCUT2D eigenvalue weighted by atomic mass is 9.94. The van der Waals surface area contributed by atoms with E-state index in [0.717, 1.165) is 23.4 Å². The van der Waals surface area contributed by atoms with Gasteiger partial charge in [-0.05, 0) is 108 Å². The number of rotatable bonds is 5. The van der Waals surface area contributed by atoms with Gasteiger partial charge in [0.25, 0.3) is 0 Å². The Balaban J connectivity index is 1.25. The summed E-state index contributed by atoms with van der Waals surface area (Å²) in [6.07, 6.45) is 5.17. The van der Waals surface area contributed by atoms with Crippen LogP contribution < -0.4 is 0 Å². The Kier molecular flexibility index (Phi) is 6.62. The van der Waals surface area contributed by atoms with Gasteiger partial charge in [0.1, 0.15) is 0 Å². The minimum absolute atomic E-state index is 0.981. The van der Waals surface area contributed by atoms with Crippen molar-refractivity contribution in [3.63, 3.8) is 0 Å². The van der Waals surface area contributed by atoms with E-state index in [0.29, 0.717) is 0 Å². The summed E-state index contributed by atoms with van der Waals surface area (Å²) in [5.41, 5.74) is 14.4. The second-order valence-corrected chi connectivity index (χ2v) is 14.2. The van der Waals surface area contributed by atoms with E-state index in [1.165, 1.54) is 81.4 Å². The molecule has 6 aromatic carbocycles. The normalized spacial score (nSPS) is 12.7. The smallest absolute Gasteiger partial charge is 0.0702 e. The molecule has 0 aliphatic carbocycles. The van der Waals surface area contributed by atoms with Crippen molar-refractivity contribution in [1.29, 1.82) is 0 Å². The Morgan fingerprint density at radius 1 is 0.620 bits per heavy atom. The van der Waals surface area contributed by atoms with Crippen LogP contribution in [-0.4, -0.2) is 14.1 Å². The molecule has 0 saturated carbocycles. The van der Waals surface area contributed by atoms with Gasteiger partial charge in [0.2, 0.25) is 0 Å². The second kappa shape index (κ2) is 11.4. The fourth-order valence-electron chi connectivity index (χ4n) is 7.98. The molecule has 1 aliphatic rings. The number of benzene rings is 6. The molecule has 1 aliphatic heterocycles. The van der Waals surface area contributed by atoms with Crippen LogP contribution in [0.3, 0.4) is 0 Å². The summed E-state index contributed by atoms with van der Waals surface area (Å²) in [6.45, 7) is 4.40. The van der Waals surface area contributed by atoms with Gasteiger partial charge in [0, 0.05) is 48.8 Å². The van der Waals surface area contributed by atoms with Crippen molar-refractivity contribution in [3.8, 4) is 33.8 Å². The third-order valence-corrected chi connectivity index (χ3v) is 11.3. The summed E-state index contributed by atoms with van der Waals surface area (Å²) in [6, 6.07) is 51.1. The molecule has 238 valence electrons. The highest BCUT2D eigenvalue weighted by Gasteiger charge is 2.27. The lowest BCUT2D eigenvalue weighted by molar-refractivity contribution is 1.09. The number of fused-ring (bicyclic) bond motifs is 9. The Morgan fingerprint density at radius 2 is 1.36 bits per heavy atom. The first-order valence-corrected chi connectivity index (χ1v) is 18.1. The molecule has 50 heavy (non-hydrogen) atoms. The van der Waals surface area contributed by atoms with Crippen LogP contribution in [-0.2, 0) is 0 Å². The molecule has 3 nitrogen and oxygen atoms in total. The molecule has 0 unspecified atom stereocenters. The van der Waals surface area contributed by atoms with Crippen LogP contribution in [0.1, 0.15) is 25.8 Å². The van der Waals surface area contributed by atoms with Gasteiger partial charge in [0.15, 0.2) is 0 Å². The Morgan fingerprint density at radius 3 is 2.18 bits per heavy atom. The number of pyridine rings is 1. The average molecular weight is 660 g/mol. The highest BCUT2D eigenvalue weighted by Crippen LogP contribution is 2.51. The zero-order valence-electron chi connectivity index (χ0n) is 27.9. The molecule has 0 amide bonds. The summed E-state index contributed by atoms with van der Waals surface area (Å²) in [7, 11) is 0. The molecule has 10 rings (SSSR count). The summed E-state index contributed by atoms with van der Waals surface area (Å²) < 4.78 is 4.96. The molecule has 0 atom stereocenters. The zero-order valence-corrected chi connectivity index (χ0v) is 28.7. The Hall–Kier alpha value is -5.84. The fraction of sp³-hybridized carbons (Fsp3) is 0.0652. The number of nitrogens with zero attached hydrogens (tertiary/aromatic N) is 3. The van der Waals surface area contributed by atoms with Gasteiger partial charge < -0.3 is 9.13 Å². The predicted molar refractivity (Wildman–Crippen MR) is 212 cm³/mol. The molecule has 0 radical (unpaired) electrons. The number of aromatic nitrogens is 3. The molecule has 0 N–H and O–H groups in total. The highest BCUT2D eigenvalue weighted by molar-refractivity contribution is 7.99. The maximum Gasteiger partial charge on any atom is 0.0702 e. The first-order chi connectivity index (χ1) is 24.7. The number of allylic oxidation sites excluding steroid dienone is 2. The third-order valence-electron chi connectivity index (χ3n) is 10.2. The molecule has 3 aromatic heterocycles. The number of hydrogen-bond acceptors (Lipinski definition) is 2. The van der Waals surface area contributed by atoms with Crippen molar-refractivity contribution in [2.24, 2.45) is 0 Å². The summed E-state index contributed by atoms with van der Waals surface area (Å²) in [5.74, 6) is 0. The molecule has 9 aromatic rings. The topological polar surface area (TPSA) is 22.8 Å². The van der Waals surface area contributed by atoms with E-state index in [9.17, 15) is 0 Å². The number of hydrogen-bond donors (Lipinski definition) is 0. The molecule has 0 saturated heterocycles. The molecule has 4 heteroatoms. The van der Waals surface area contributed by atoms with Crippen molar-refractivity contribution in [1.82, 2.24) is 14.1 Å². The minimum atomic E-state index is 0.981. The van der Waals surface area contributed by atoms with Gasteiger partial charge >= 0.3 is 0 Å². The van der Waals surface area contributed by atoms with Crippen LogP contribution in [0.4, 0.5) is 0 Å². The summed E-state index contributed by atoms with van der Waals surface area (Å²) in [5, 5.41) is 5.19. The van der Waals surface area contributed by atoms with Crippen molar-refractivity contribution in [3.05, 3.63) is 157 Å². The molecule has 0 spiro atoms. The zero-order chi connectivity index (χ0) is 33.3. The van der Waals surface area contributed by atoms with Gasteiger partial charge in [-0.25, -0.2) is 0 Å². The van der Waals surface area contributed by atoms with Gasteiger partial charge in [-0.1, -0.05) is 91.5 Å². The van der Waals surface area contributed by atoms with E-state index in [4.69, 9.17) is 4.98 Å². The standard InChI is InChI=1S/C46H33N3S/c1-3-13-29(2)31-24-32(26-33(25-31)37-18-10-11-23-47-37)30-14-12-15-34(27-30)48-38-19-6-4-16-35(38)44-41(48)28-43-46-45(44)36-17-5-7-20-39(36)49(46)40-21-8-9-22-42(40)50-43/h4-28H,3H2,1-2H3/b29-13+. The largest absolute Gasteiger partial charge is 0.309 e. The van der Waals surface area contributed by atoms with Crippen molar-refractivity contribution < 1.29 is 0 Å².